The van der Waals surface area contributed by atoms with Gasteiger partial charge in [0.2, 0.25) is 0 Å². The largest absolute Gasteiger partial charge is 0.505 e. The first-order chi connectivity index (χ1) is 11.3. The zero-order valence-corrected chi connectivity index (χ0v) is 14.6. The van der Waals surface area contributed by atoms with Gasteiger partial charge in [0.15, 0.2) is 11.6 Å². The summed E-state index contributed by atoms with van der Waals surface area (Å²) in [6.45, 7) is 8.40. The molecular weight excluding hydrogens is 303 g/mol. The number of fused-ring (bicyclic) bond motifs is 5. The number of phenols is 1. The van der Waals surface area contributed by atoms with Crippen LogP contribution in [0.3, 0.4) is 0 Å². The summed E-state index contributed by atoms with van der Waals surface area (Å²) in [6, 6.07) is 3.19. The van der Waals surface area contributed by atoms with Gasteiger partial charge in [-0.2, -0.15) is 0 Å². The van der Waals surface area contributed by atoms with Gasteiger partial charge in [0.25, 0.3) is 0 Å². The molecule has 0 radical (unpaired) electrons. The average Bonchev–Trinajstić information content (AvgIpc) is 2.82. The number of hydrogen-bond donors (Lipinski definition) is 2. The molecule has 0 saturated heterocycles. The van der Waals surface area contributed by atoms with Crippen LogP contribution in [0.2, 0.25) is 0 Å². The maximum absolute atomic E-state index is 14.0. The lowest BCUT2D eigenvalue weighted by Gasteiger charge is -2.54. The highest BCUT2D eigenvalue weighted by atomic mass is 19.1. The van der Waals surface area contributed by atoms with Crippen LogP contribution in [0.25, 0.3) is 0 Å². The lowest BCUT2D eigenvalue weighted by atomic mass is 9.51. The molecule has 0 aromatic heterocycles. The Morgan fingerprint density at radius 1 is 1.29 bits per heavy atom. The van der Waals surface area contributed by atoms with Crippen molar-refractivity contribution < 1.29 is 14.6 Å². The van der Waals surface area contributed by atoms with Crippen LogP contribution in [0.1, 0.15) is 56.6 Å². The Labute approximate surface area is 143 Å². The monoisotopic (exact) mass is 330 g/mol. The van der Waals surface area contributed by atoms with E-state index in [1.165, 1.54) is 0 Å². The minimum atomic E-state index is -0.775. The van der Waals surface area contributed by atoms with Gasteiger partial charge in [-0.25, -0.2) is 4.39 Å². The minimum absolute atomic E-state index is 0.128. The van der Waals surface area contributed by atoms with E-state index < -0.39 is 11.4 Å². The molecular formula is C21H27FO2. The van der Waals surface area contributed by atoms with E-state index in [4.69, 9.17) is 0 Å². The van der Waals surface area contributed by atoms with Crippen LogP contribution < -0.4 is 0 Å². The molecule has 0 heterocycles. The Morgan fingerprint density at radius 2 is 2.04 bits per heavy atom. The van der Waals surface area contributed by atoms with E-state index >= 15 is 0 Å². The van der Waals surface area contributed by atoms with Crippen LogP contribution in [0.15, 0.2) is 24.8 Å². The van der Waals surface area contributed by atoms with Gasteiger partial charge in [-0.05, 0) is 79.0 Å². The van der Waals surface area contributed by atoms with Gasteiger partial charge in [0, 0.05) is 5.41 Å². The molecule has 3 heteroatoms. The molecule has 2 fully saturated rings. The number of aromatic hydroxyl groups is 1. The van der Waals surface area contributed by atoms with Crippen molar-refractivity contribution in [3.8, 4) is 5.75 Å². The second kappa shape index (κ2) is 5.08. The van der Waals surface area contributed by atoms with E-state index in [1.54, 1.807) is 18.2 Å². The highest BCUT2D eigenvalue weighted by Crippen LogP contribution is 2.65. The third kappa shape index (κ3) is 1.91. The molecule has 1 aromatic carbocycles. The fourth-order valence-corrected chi connectivity index (χ4v) is 6.36. The first-order valence-corrected chi connectivity index (χ1v) is 9.18. The number of phenolic OH excluding ortho intramolecular Hbond substituents is 1. The van der Waals surface area contributed by atoms with Crippen LogP contribution in [-0.2, 0) is 6.42 Å². The molecule has 24 heavy (non-hydrogen) atoms. The third-order valence-corrected chi connectivity index (χ3v) is 7.69. The molecule has 0 amide bonds. The van der Waals surface area contributed by atoms with Gasteiger partial charge in [-0.1, -0.05) is 19.9 Å². The van der Waals surface area contributed by atoms with Crippen molar-refractivity contribution in [3.63, 3.8) is 0 Å². The number of halogens is 1. The molecule has 2 saturated carbocycles. The fourth-order valence-electron chi connectivity index (χ4n) is 6.36. The summed E-state index contributed by atoms with van der Waals surface area (Å²) in [4.78, 5) is 0. The maximum atomic E-state index is 14.0. The Kier molecular flexibility index (Phi) is 3.41. The van der Waals surface area contributed by atoms with Gasteiger partial charge in [-0.3, -0.25) is 0 Å². The summed E-state index contributed by atoms with van der Waals surface area (Å²) in [5.41, 5.74) is 1.28. The number of benzene rings is 1. The predicted molar refractivity (Wildman–Crippen MR) is 92.4 cm³/mol. The van der Waals surface area contributed by atoms with Crippen LogP contribution in [0.4, 0.5) is 4.39 Å². The SMILES string of the molecule is C=C[C@]1(O)CC[C@H]2[C@@H]3[C@H](C)Cc4cc(O)c(F)cc4[C@H]3CC[C@@]21C. The molecule has 6 atom stereocenters. The van der Waals surface area contributed by atoms with Crippen molar-refractivity contribution in [2.75, 3.05) is 0 Å². The molecule has 0 aliphatic heterocycles. The molecule has 0 spiro atoms. The van der Waals surface area contributed by atoms with Crippen molar-refractivity contribution in [1.29, 1.82) is 0 Å². The second-order valence-electron chi connectivity index (χ2n) is 8.60. The molecule has 0 bridgehead atoms. The predicted octanol–water partition coefficient (Wildman–Crippen LogP) is 4.55. The summed E-state index contributed by atoms with van der Waals surface area (Å²) in [5.74, 6) is 0.980. The average molecular weight is 330 g/mol. The lowest BCUT2D eigenvalue weighted by molar-refractivity contribution is -0.0789. The minimum Gasteiger partial charge on any atom is -0.505 e. The van der Waals surface area contributed by atoms with Crippen molar-refractivity contribution in [3.05, 3.63) is 41.7 Å². The zero-order valence-electron chi connectivity index (χ0n) is 14.6. The van der Waals surface area contributed by atoms with Crippen molar-refractivity contribution in [2.45, 2.75) is 57.5 Å². The quantitative estimate of drug-likeness (QED) is 0.742. The van der Waals surface area contributed by atoms with Gasteiger partial charge in [0.1, 0.15) is 0 Å². The molecule has 2 N–H and O–H groups in total. The molecule has 1 aromatic rings. The highest BCUT2D eigenvalue weighted by Gasteiger charge is 2.61. The highest BCUT2D eigenvalue weighted by molar-refractivity contribution is 5.42. The van der Waals surface area contributed by atoms with E-state index in [-0.39, 0.29) is 11.2 Å². The number of rotatable bonds is 1. The van der Waals surface area contributed by atoms with Crippen LogP contribution in [0, 0.1) is 29.0 Å². The topological polar surface area (TPSA) is 40.5 Å². The number of hydrogen-bond acceptors (Lipinski definition) is 2. The molecule has 0 unspecified atom stereocenters. The molecule has 130 valence electrons. The maximum Gasteiger partial charge on any atom is 0.165 e. The summed E-state index contributed by atoms with van der Waals surface area (Å²) in [6.07, 6.45) is 6.34. The molecule has 2 nitrogen and oxygen atoms in total. The first kappa shape index (κ1) is 16.1. The molecule has 3 aliphatic carbocycles. The lowest BCUT2D eigenvalue weighted by Crippen LogP contribution is -2.51. The summed E-state index contributed by atoms with van der Waals surface area (Å²) >= 11 is 0. The Hall–Kier alpha value is -1.35. The van der Waals surface area contributed by atoms with Gasteiger partial charge < -0.3 is 10.2 Å². The van der Waals surface area contributed by atoms with Crippen molar-refractivity contribution in [2.24, 2.45) is 23.2 Å². The summed E-state index contributed by atoms with van der Waals surface area (Å²) in [5, 5.41) is 20.8. The van der Waals surface area contributed by atoms with E-state index in [9.17, 15) is 14.6 Å². The fraction of sp³-hybridized carbons (Fsp3) is 0.619. The van der Waals surface area contributed by atoms with Crippen molar-refractivity contribution in [1.82, 2.24) is 0 Å². The second-order valence-corrected chi connectivity index (χ2v) is 8.60. The summed E-state index contributed by atoms with van der Waals surface area (Å²) < 4.78 is 14.0. The van der Waals surface area contributed by atoms with E-state index in [0.717, 1.165) is 43.2 Å². The van der Waals surface area contributed by atoms with E-state index in [0.29, 0.717) is 23.7 Å². The smallest absolute Gasteiger partial charge is 0.165 e. The van der Waals surface area contributed by atoms with Crippen LogP contribution in [0.5, 0.6) is 5.75 Å². The van der Waals surface area contributed by atoms with Crippen molar-refractivity contribution >= 4 is 0 Å². The van der Waals surface area contributed by atoms with Gasteiger partial charge >= 0.3 is 0 Å². The van der Waals surface area contributed by atoms with Crippen LogP contribution in [-0.4, -0.2) is 15.8 Å². The first-order valence-electron chi connectivity index (χ1n) is 9.18. The van der Waals surface area contributed by atoms with E-state index in [1.807, 2.05) is 0 Å². The van der Waals surface area contributed by atoms with E-state index in [2.05, 4.69) is 20.4 Å². The van der Waals surface area contributed by atoms with Crippen LogP contribution >= 0.6 is 0 Å². The van der Waals surface area contributed by atoms with Gasteiger partial charge in [-0.15, -0.1) is 6.58 Å². The standard InChI is InChI=1S/C21H27FO2/c1-4-21(24)8-6-16-19-12(2)9-13-10-18(23)17(22)11-15(13)14(19)5-7-20(16,21)3/h4,10-12,14,16,19,23-24H,1,5-9H2,2-3H3/t12-,14-,16+,19-,20+,21+/m1/s1. The third-order valence-electron chi connectivity index (χ3n) is 7.69. The normalized spacial score (nSPS) is 43.7. The Morgan fingerprint density at radius 3 is 2.75 bits per heavy atom. The Balaban J connectivity index is 1.78. The zero-order chi connectivity index (χ0) is 17.3. The Bertz CT molecular complexity index is 699. The number of aliphatic hydroxyl groups is 1. The molecule has 4 rings (SSSR count). The summed E-state index contributed by atoms with van der Waals surface area (Å²) in [7, 11) is 0. The van der Waals surface area contributed by atoms with Gasteiger partial charge in [0.05, 0.1) is 5.60 Å². The molecule has 3 aliphatic rings.